The molecule has 0 heterocycles. The van der Waals surface area contributed by atoms with Crippen LogP contribution in [0.15, 0.2) is 140 Å². The molecule has 0 fully saturated rings. The normalized spacial score (nSPS) is 19.5. The molecule has 1 aliphatic carbocycles. The summed E-state index contributed by atoms with van der Waals surface area (Å²) in [6, 6.07) is 31.0. The van der Waals surface area contributed by atoms with Crippen LogP contribution in [0.5, 0.6) is 0 Å². The highest BCUT2D eigenvalue weighted by Crippen LogP contribution is 2.41. The maximum Gasteiger partial charge on any atom is 0.338 e. The van der Waals surface area contributed by atoms with Gasteiger partial charge in [0.1, 0.15) is 0 Å². The lowest BCUT2D eigenvalue weighted by Crippen LogP contribution is -2.56. The van der Waals surface area contributed by atoms with Crippen LogP contribution in [0.4, 0.5) is 0 Å². The standard InChI is InChI=1S/C32H44O5Si6/c1-7-32(27-19-12-20-28-32)42(36-41(37-43(5,6)8-2)31-25-17-11-18-26-31)35-40(30-23-15-10-16-24-30)34-39(33-38(3)4)29-21-13-9-14-22-29/h7-27,38-42H,1-2,28H2,3-6H3. The van der Waals surface area contributed by atoms with Crippen molar-refractivity contribution in [1.29, 1.82) is 0 Å². The van der Waals surface area contributed by atoms with E-state index in [1.807, 2.05) is 54.2 Å². The Labute approximate surface area is 267 Å². The minimum absolute atomic E-state index is 0.459. The SMILES string of the molecule is C=CC1([SiH](O[SiH](O[SiH](O[SiH](C)C)c2ccccc2)c2ccccc2)O[SiH](O[Si](C)(C)C=C)c2ccccc2)C=CC=CC1. The van der Waals surface area contributed by atoms with Crippen LogP contribution in [0.3, 0.4) is 0 Å². The summed E-state index contributed by atoms with van der Waals surface area (Å²) in [5, 5.41) is 2.82. The number of benzene rings is 3. The zero-order chi connectivity index (χ0) is 30.7. The highest BCUT2D eigenvalue weighted by atomic mass is 28.5. The highest BCUT2D eigenvalue weighted by Gasteiger charge is 2.44. The third-order valence-electron chi connectivity index (χ3n) is 7.20. The lowest BCUT2D eigenvalue weighted by Gasteiger charge is -2.39. The molecule has 0 saturated heterocycles. The van der Waals surface area contributed by atoms with E-state index >= 15 is 0 Å². The quantitative estimate of drug-likeness (QED) is 0.170. The number of hydrogen-bond donors (Lipinski definition) is 0. The van der Waals surface area contributed by atoms with Crippen molar-refractivity contribution in [3.05, 3.63) is 140 Å². The summed E-state index contributed by atoms with van der Waals surface area (Å²) in [4.78, 5) is 0. The maximum atomic E-state index is 7.30. The summed E-state index contributed by atoms with van der Waals surface area (Å²) in [5.41, 5.74) is 1.97. The predicted molar refractivity (Wildman–Crippen MR) is 195 cm³/mol. The van der Waals surface area contributed by atoms with Crippen LogP contribution in [-0.2, 0) is 20.6 Å². The fourth-order valence-corrected chi connectivity index (χ4v) is 23.3. The Morgan fingerprint density at radius 3 is 1.60 bits per heavy atom. The molecule has 0 radical (unpaired) electrons. The fourth-order valence-electron chi connectivity index (χ4n) is 4.65. The largest absolute Gasteiger partial charge is 0.438 e. The van der Waals surface area contributed by atoms with Crippen LogP contribution in [0.2, 0.25) is 31.2 Å². The van der Waals surface area contributed by atoms with Crippen molar-refractivity contribution in [3.63, 3.8) is 0 Å². The predicted octanol–water partition coefficient (Wildman–Crippen LogP) is 4.03. The van der Waals surface area contributed by atoms with E-state index in [0.717, 1.165) is 22.0 Å². The Morgan fingerprint density at radius 1 is 0.674 bits per heavy atom. The third kappa shape index (κ3) is 9.60. The minimum Gasteiger partial charge on any atom is -0.438 e. The zero-order valence-electron chi connectivity index (χ0n) is 25.7. The molecule has 3 aromatic rings. The first kappa shape index (κ1) is 33.6. The van der Waals surface area contributed by atoms with E-state index in [4.69, 9.17) is 20.6 Å². The van der Waals surface area contributed by atoms with Crippen molar-refractivity contribution in [1.82, 2.24) is 0 Å². The second kappa shape index (κ2) is 16.2. The first-order valence-electron chi connectivity index (χ1n) is 14.8. The van der Waals surface area contributed by atoms with Gasteiger partial charge in [0, 0.05) is 5.04 Å². The molecule has 0 aromatic heterocycles. The Bertz CT molecular complexity index is 1360. The van der Waals surface area contributed by atoms with E-state index in [9.17, 15) is 0 Å². The summed E-state index contributed by atoms with van der Waals surface area (Å²) in [6.45, 7) is 17.1. The van der Waals surface area contributed by atoms with Crippen LogP contribution in [0.1, 0.15) is 6.42 Å². The smallest absolute Gasteiger partial charge is 0.338 e. The van der Waals surface area contributed by atoms with Gasteiger partial charge >= 0.3 is 37.1 Å². The van der Waals surface area contributed by atoms with E-state index in [0.29, 0.717) is 0 Å². The molecule has 43 heavy (non-hydrogen) atoms. The molecule has 5 atom stereocenters. The van der Waals surface area contributed by atoms with E-state index in [1.165, 1.54) is 0 Å². The topological polar surface area (TPSA) is 46.2 Å². The molecule has 3 aromatic carbocycles. The Balaban J connectivity index is 1.77. The summed E-state index contributed by atoms with van der Waals surface area (Å²) in [5.74, 6) is 0. The minimum atomic E-state index is -2.61. The maximum absolute atomic E-state index is 7.30. The van der Waals surface area contributed by atoms with Crippen LogP contribution < -0.4 is 15.6 Å². The summed E-state index contributed by atoms with van der Waals surface area (Å²) >= 11 is 0. The van der Waals surface area contributed by atoms with Crippen molar-refractivity contribution in [2.24, 2.45) is 0 Å². The molecule has 0 aliphatic heterocycles. The molecule has 5 nitrogen and oxygen atoms in total. The van der Waals surface area contributed by atoms with Crippen molar-refractivity contribution in [2.45, 2.75) is 37.6 Å². The Hall–Kier alpha value is -2.28. The molecule has 0 N–H and O–H groups in total. The second-order valence-corrected chi connectivity index (χ2v) is 28.1. The lowest BCUT2D eigenvalue weighted by atomic mass is 10.00. The van der Waals surface area contributed by atoms with E-state index < -0.39 is 59.5 Å². The van der Waals surface area contributed by atoms with Gasteiger partial charge in [-0.1, -0.05) is 127 Å². The lowest BCUT2D eigenvalue weighted by molar-refractivity contribution is 0.324. The highest BCUT2D eigenvalue weighted by molar-refractivity contribution is 6.86. The van der Waals surface area contributed by atoms with Gasteiger partial charge in [0.2, 0.25) is 0 Å². The molecule has 11 heteroatoms. The number of rotatable bonds is 16. The fraction of sp³-hybridized carbons (Fsp3) is 0.188. The van der Waals surface area contributed by atoms with Crippen LogP contribution in [0, 0.1) is 0 Å². The molecular formula is C32H44O5Si6. The molecule has 0 spiro atoms. The van der Waals surface area contributed by atoms with Crippen LogP contribution in [0.25, 0.3) is 0 Å². The van der Waals surface area contributed by atoms with Crippen LogP contribution in [-0.4, -0.2) is 54.5 Å². The number of allylic oxidation sites excluding steroid dienone is 5. The summed E-state index contributed by atoms with van der Waals surface area (Å²) in [6.07, 6.45) is 11.3. The summed E-state index contributed by atoms with van der Waals surface area (Å²) < 4.78 is 35.1. The molecule has 0 amide bonds. The van der Waals surface area contributed by atoms with Crippen LogP contribution >= 0.6 is 0 Å². The average Bonchev–Trinajstić information content (AvgIpc) is 3.04. The van der Waals surface area contributed by atoms with Crippen molar-refractivity contribution < 1.29 is 20.6 Å². The van der Waals surface area contributed by atoms with Gasteiger partial charge in [0.25, 0.3) is 0 Å². The Kier molecular flexibility index (Phi) is 12.6. The van der Waals surface area contributed by atoms with Gasteiger partial charge in [0.15, 0.2) is 17.4 Å². The molecule has 226 valence electrons. The van der Waals surface area contributed by atoms with Crippen molar-refractivity contribution in [2.75, 3.05) is 0 Å². The van der Waals surface area contributed by atoms with E-state index in [-0.39, 0.29) is 0 Å². The molecule has 0 saturated carbocycles. The van der Waals surface area contributed by atoms with Crippen molar-refractivity contribution >= 4 is 70.1 Å². The van der Waals surface area contributed by atoms with Gasteiger partial charge in [-0.15, -0.1) is 13.2 Å². The molecule has 1 aliphatic rings. The van der Waals surface area contributed by atoms with E-state index in [2.05, 4.69) is 112 Å². The number of hydrogen-bond acceptors (Lipinski definition) is 5. The van der Waals surface area contributed by atoms with Gasteiger partial charge in [-0.25, -0.2) is 0 Å². The molecule has 5 unspecified atom stereocenters. The first-order valence-corrected chi connectivity index (χ1v) is 26.7. The van der Waals surface area contributed by atoms with Crippen molar-refractivity contribution in [3.8, 4) is 0 Å². The molecule has 4 rings (SSSR count). The Morgan fingerprint density at radius 2 is 1.16 bits per heavy atom. The van der Waals surface area contributed by atoms with Gasteiger partial charge in [-0.3, -0.25) is 0 Å². The van der Waals surface area contributed by atoms with E-state index in [1.54, 1.807) is 0 Å². The zero-order valence-corrected chi connectivity index (χ0v) is 32.4. The van der Waals surface area contributed by atoms with Gasteiger partial charge in [0.05, 0.1) is 0 Å². The molecular weight excluding hydrogens is 633 g/mol. The third-order valence-corrected chi connectivity index (χ3v) is 24.9. The van der Waals surface area contributed by atoms with Gasteiger partial charge in [-0.2, -0.15) is 0 Å². The van der Waals surface area contributed by atoms with Gasteiger partial charge in [-0.05, 0) is 48.2 Å². The monoisotopic (exact) mass is 676 g/mol. The second-order valence-electron chi connectivity index (χ2n) is 11.4. The molecule has 0 bridgehead atoms. The average molecular weight is 677 g/mol. The first-order chi connectivity index (χ1) is 20.7. The van der Waals surface area contributed by atoms with Gasteiger partial charge < -0.3 is 20.6 Å². The summed E-state index contributed by atoms with van der Waals surface area (Å²) in [7, 11) is -13.4.